The second kappa shape index (κ2) is 5.30. The molecule has 1 fully saturated rings. The molecule has 4 N–H and O–H groups in total. The molecule has 15 heavy (non-hydrogen) atoms. The van der Waals surface area contributed by atoms with Crippen molar-refractivity contribution in [3.63, 3.8) is 0 Å². The van der Waals surface area contributed by atoms with Gasteiger partial charge in [0.05, 0.1) is 5.25 Å². The fourth-order valence-corrected chi connectivity index (χ4v) is 2.74. The van der Waals surface area contributed by atoms with Gasteiger partial charge in [-0.3, -0.25) is 0 Å². The van der Waals surface area contributed by atoms with Gasteiger partial charge in [0.25, 0.3) is 0 Å². The summed E-state index contributed by atoms with van der Waals surface area (Å²) in [6.07, 6.45) is 1.65. The predicted molar refractivity (Wildman–Crippen MR) is 61.0 cm³/mol. The first-order valence-electron chi connectivity index (χ1n) is 4.32. The van der Waals surface area contributed by atoms with Gasteiger partial charge in [-0.05, 0) is 12.8 Å². The van der Waals surface area contributed by atoms with Crippen molar-refractivity contribution in [2.24, 2.45) is 0 Å². The number of hydrogen-bond donors (Lipinski definition) is 0. The van der Waals surface area contributed by atoms with Gasteiger partial charge in [-0.2, -0.15) is 0 Å². The maximum atomic E-state index is 11.5. The van der Waals surface area contributed by atoms with E-state index in [1.54, 1.807) is 12.1 Å². The van der Waals surface area contributed by atoms with Crippen LogP contribution >= 0.6 is 0 Å². The van der Waals surface area contributed by atoms with Crippen molar-refractivity contribution in [3.05, 3.63) is 30.3 Å². The van der Waals surface area contributed by atoms with Gasteiger partial charge >= 0.3 is 6.56 Å². The van der Waals surface area contributed by atoms with E-state index in [0.29, 0.717) is 0 Å². The molecule has 1 aromatic carbocycles. The Morgan fingerprint density at radius 1 is 1.07 bits per heavy atom. The Bertz CT molecular complexity index is 386. The number of rotatable bonds is 3. The molecule has 0 atom stereocenters. The van der Waals surface area contributed by atoms with Crippen LogP contribution in [-0.4, -0.2) is 31.2 Å². The third-order valence-electron chi connectivity index (χ3n) is 2.09. The van der Waals surface area contributed by atoms with E-state index in [1.807, 2.05) is 18.2 Å². The Labute approximate surface area is 90.0 Å². The molecule has 2 rings (SSSR count). The lowest BCUT2D eigenvalue weighted by molar-refractivity contribution is 0.608. The molecule has 1 aromatic rings. The van der Waals surface area contributed by atoms with Gasteiger partial charge in [0.2, 0.25) is 0 Å². The van der Waals surface area contributed by atoms with Gasteiger partial charge in [-0.15, -0.1) is 0 Å². The molecule has 0 heterocycles. The zero-order valence-corrected chi connectivity index (χ0v) is 9.00. The van der Waals surface area contributed by atoms with Crippen LogP contribution in [0.1, 0.15) is 12.8 Å². The van der Waals surface area contributed by atoms with Crippen LogP contribution in [0.5, 0.6) is 0 Å². The van der Waals surface area contributed by atoms with E-state index >= 15 is 0 Å². The Morgan fingerprint density at radius 2 is 1.60 bits per heavy atom. The van der Waals surface area contributed by atoms with Crippen molar-refractivity contribution in [2.75, 3.05) is 0 Å². The van der Waals surface area contributed by atoms with Crippen molar-refractivity contribution in [3.8, 4) is 0 Å². The van der Waals surface area contributed by atoms with E-state index in [0.717, 1.165) is 18.3 Å². The Hall–Kier alpha value is -0.845. The lowest BCUT2D eigenvalue weighted by Gasteiger charge is -1.99. The molecular formula is C9H14BO4S. The van der Waals surface area contributed by atoms with Gasteiger partial charge in [-0.1, -0.05) is 35.8 Å². The van der Waals surface area contributed by atoms with E-state index < -0.39 is 9.69 Å². The fourth-order valence-electron chi connectivity index (χ4n) is 1.21. The average molecular weight is 229 g/mol. The van der Waals surface area contributed by atoms with Gasteiger partial charge in [0.1, 0.15) is 9.69 Å². The van der Waals surface area contributed by atoms with Crippen LogP contribution < -0.4 is 5.46 Å². The zero-order chi connectivity index (χ0) is 9.31. The van der Waals surface area contributed by atoms with E-state index in [4.69, 9.17) is 0 Å². The van der Waals surface area contributed by atoms with Crippen LogP contribution in [0.4, 0.5) is 0 Å². The molecule has 1 saturated carbocycles. The van der Waals surface area contributed by atoms with Crippen LogP contribution in [0.25, 0.3) is 0 Å². The summed E-state index contributed by atoms with van der Waals surface area (Å²) in [5.41, 5.74) is 0.773. The normalized spacial score (nSPS) is 14.7. The van der Waals surface area contributed by atoms with Crippen LogP contribution in [0.2, 0.25) is 0 Å². The summed E-state index contributed by atoms with van der Waals surface area (Å²) in [5.74, 6) is 0. The van der Waals surface area contributed by atoms with E-state index in [2.05, 4.69) is 0 Å². The van der Waals surface area contributed by atoms with Gasteiger partial charge < -0.3 is 11.0 Å². The quantitative estimate of drug-likeness (QED) is 0.612. The number of benzene rings is 1. The molecule has 83 valence electrons. The highest BCUT2D eigenvalue weighted by Gasteiger charge is 2.35. The minimum Gasteiger partial charge on any atom is -0.412 e. The molecular weight excluding hydrogens is 215 g/mol. The summed E-state index contributed by atoms with van der Waals surface area (Å²) in [7, 11) is -2.97. The maximum Gasteiger partial charge on any atom is 0.317 e. The Balaban J connectivity index is 0.000000980. The lowest BCUT2D eigenvalue weighted by atomic mass is 9.95. The highest BCUT2D eigenvalue weighted by molar-refractivity contribution is 8.17. The molecule has 1 aliphatic rings. The first-order valence-corrected chi connectivity index (χ1v) is 5.93. The summed E-state index contributed by atoms with van der Waals surface area (Å²) in [6, 6.07) is 9.17. The molecule has 0 bridgehead atoms. The smallest absolute Gasteiger partial charge is 0.317 e. The Kier molecular flexibility index (Phi) is 5.00. The summed E-state index contributed by atoms with van der Waals surface area (Å²) < 4.78 is 23.0. The van der Waals surface area contributed by atoms with Crippen LogP contribution in [0.15, 0.2) is 30.3 Å². The molecule has 6 heteroatoms. The topological polar surface area (TPSA) is 97.1 Å². The largest absolute Gasteiger partial charge is 0.412 e. The van der Waals surface area contributed by atoms with Crippen molar-refractivity contribution in [1.82, 2.24) is 0 Å². The molecule has 0 aromatic heterocycles. The third kappa shape index (κ3) is 3.66. The van der Waals surface area contributed by atoms with Crippen molar-refractivity contribution in [1.29, 1.82) is 0 Å². The van der Waals surface area contributed by atoms with Crippen molar-refractivity contribution < 1.29 is 19.4 Å². The van der Waals surface area contributed by atoms with Crippen molar-refractivity contribution in [2.45, 2.75) is 18.1 Å². The van der Waals surface area contributed by atoms with Crippen LogP contribution in [0, 0.1) is 0 Å². The highest BCUT2D eigenvalue weighted by Crippen LogP contribution is 2.27. The molecule has 0 saturated heterocycles. The monoisotopic (exact) mass is 229 g/mol. The van der Waals surface area contributed by atoms with Crippen molar-refractivity contribution >= 4 is 21.7 Å². The predicted octanol–water partition coefficient (Wildman–Crippen LogP) is -1.14. The van der Waals surface area contributed by atoms with Crippen LogP contribution in [-0.2, 0) is 9.69 Å². The molecule has 0 spiro atoms. The van der Waals surface area contributed by atoms with E-state index in [9.17, 15) is 8.42 Å². The fraction of sp³-hybridized carbons (Fsp3) is 0.333. The second-order valence-electron chi connectivity index (χ2n) is 3.32. The number of hydrogen-bond acceptors (Lipinski definition) is 2. The van der Waals surface area contributed by atoms with Gasteiger partial charge in [0, 0.05) is 0 Å². The molecule has 1 aliphatic carbocycles. The average Bonchev–Trinajstić information content (AvgIpc) is 2.87. The Morgan fingerprint density at radius 3 is 2.07 bits per heavy atom. The first-order chi connectivity index (χ1) is 6.18. The van der Waals surface area contributed by atoms with Gasteiger partial charge in [0.15, 0.2) is 0 Å². The van der Waals surface area contributed by atoms with E-state index in [-0.39, 0.29) is 16.2 Å². The molecule has 4 nitrogen and oxygen atoms in total. The second-order valence-corrected chi connectivity index (χ2v) is 5.40. The molecule has 1 radical (unpaired) electrons. The standard InChI is InChI=1S/C9H10BO2S.2H2O/c11-13(12,9-6-7-9)10-8-4-2-1-3-5-8;;/h1-5,9H,6-7H2;2*1H2. The molecule has 0 aliphatic heterocycles. The van der Waals surface area contributed by atoms with E-state index in [1.165, 1.54) is 6.56 Å². The maximum absolute atomic E-state index is 11.5. The summed E-state index contributed by atoms with van der Waals surface area (Å²) in [6.45, 7) is 1.38. The zero-order valence-electron chi connectivity index (χ0n) is 8.18. The highest BCUT2D eigenvalue weighted by atomic mass is 32.2. The summed E-state index contributed by atoms with van der Waals surface area (Å²) in [5, 5.41) is -0.104. The van der Waals surface area contributed by atoms with Crippen LogP contribution in [0.3, 0.4) is 0 Å². The third-order valence-corrected chi connectivity index (χ3v) is 4.09. The summed E-state index contributed by atoms with van der Waals surface area (Å²) in [4.78, 5) is 0. The first kappa shape index (κ1) is 14.2. The molecule has 0 unspecified atom stereocenters. The summed E-state index contributed by atoms with van der Waals surface area (Å²) >= 11 is 0. The SMILES string of the molecule is O.O.O=S(=O)([B]c1ccccc1)C1CC1. The molecule has 0 amide bonds. The van der Waals surface area contributed by atoms with Gasteiger partial charge in [-0.25, -0.2) is 8.42 Å². The lowest BCUT2D eigenvalue weighted by Crippen LogP contribution is -2.26. The minimum atomic E-state index is -2.97. The minimum absolute atomic E-state index is 0.